The van der Waals surface area contributed by atoms with Gasteiger partial charge in [-0.25, -0.2) is 0 Å². The SMILES string of the molecule is OC(CCC1CCCO1)c1cccc(OC(F)F)c1. The van der Waals surface area contributed by atoms with E-state index in [1.54, 1.807) is 12.1 Å². The summed E-state index contributed by atoms with van der Waals surface area (Å²) in [4.78, 5) is 0. The van der Waals surface area contributed by atoms with Crippen molar-refractivity contribution in [3.8, 4) is 5.75 Å². The van der Waals surface area contributed by atoms with Crippen molar-refractivity contribution >= 4 is 0 Å². The second kappa shape index (κ2) is 6.82. The highest BCUT2D eigenvalue weighted by Crippen LogP contribution is 2.26. The maximum atomic E-state index is 12.1. The molecule has 0 bridgehead atoms. The van der Waals surface area contributed by atoms with Crippen molar-refractivity contribution < 1.29 is 23.4 Å². The first-order valence-electron chi connectivity index (χ1n) is 6.49. The van der Waals surface area contributed by atoms with Crippen molar-refractivity contribution in [1.29, 1.82) is 0 Å². The lowest BCUT2D eigenvalue weighted by Crippen LogP contribution is -2.08. The van der Waals surface area contributed by atoms with Crippen LogP contribution >= 0.6 is 0 Å². The fraction of sp³-hybridized carbons (Fsp3) is 0.571. The summed E-state index contributed by atoms with van der Waals surface area (Å²) in [5.41, 5.74) is 0.594. The van der Waals surface area contributed by atoms with Gasteiger partial charge in [-0.05, 0) is 43.4 Å². The minimum absolute atomic E-state index is 0.0728. The average Bonchev–Trinajstić information content (AvgIpc) is 2.88. The van der Waals surface area contributed by atoms with E-state index in [0.29, 0.717) is 12.0 Å². The monoisotopic (exact) mass is 272 g/mol. The van der Waals surface area contributed by atoms with Crippen LogP contribution in [0.3, 0.4) is 0 Å². The first-order valence-corrected chi connectivity index (χ1v) is 6.49. The smallest absolute Gasteiger partial charge is 0.387 e. The molecule has 5 heteroatoms. The van der Waals surface area contributed by atoms with Gasteiger partial charge in [-0.1, -0.05) is 12.1 Å². The molecule has 1 heterocycles. The third-order valence-electron chi connectivity index (χ3n) is 3.25. The number of halogens is 2. The second-order valence-electron chi connectivity index (χ2n) is 4.68. The number of hydrogen-bond acceptors (Lipinski definition) is 3. The number of benzene rings is 1. The normalized spacial score (nSPS) is 20.7. The molecule has 3 nitrogen and oxygen atoms in total. The van der Waals surface area contributed by atoms with Gasteiger partial charge < -0.3 is 14.6 Å². The molecular formula is C14H18F2O3. The zero-order valence-electron chi connectivity index (χ0n) is 10.6. The Balaban J connectivity index is 1.88. The summed E-state index contributed by atoms with van der Waals surface area (Å²) in [6.45, 7) is -2.06. The Labute approximate surface area is 111 Å². The number of alkyl halides is 2. The lowest BCUT2D eigenvalue weighted by atomic mass is 10.0. The molecule has 0 aliphatic carbocycles. The van der Waals surface area contributed by atoms with Crippen LogP contribution in [0.5, 0.6) is 5.75 Å². The van der Waals surface area contributed by atoms with Crippen LogP contribution in [0, 0.1) is 0 Å². The molecule has 2 atom stereocenters. The van der Waals surface area contributed by atoms with Gasteiger partial charge in [0.15, 0.2) is 0 Å². The predicted octanol–water partition coefficient (Wildman–Crippen LogP) is 3.28. The fourth-order valence-corrected chi connectivity index (χ4v) is 2.28. The zero-order valence-corrected chi connectivity index (χ0v) is 10.6. The number of hydrogen-bond donors (Lipinski definition) is 1. The van der Waals surface area contributed by atoms with Gasteiger partial charge >= 0.3 is 6.61 Å². The summed E-state index contributed by atoms with van der Waals surface area (Å²) in [5, 5.41) is 10.0. The lowest BCUT2D eigenvalue weighted by Gasteiger charge is -2.15. The Morgan fingerprint density at radius 1 is 1.42 bits per heavy atom. The standard InChI is InChI=1S/C14H18F2O3/c15-14(16)19-12-4-1-3-10(9-12)13(17)7-6-11-5-2-8-18-11/h1,3-4,9,11,13-14,17H,2,5-8H2. The van der Waals surface area contributed by atoms with E-state index in [1.807, 2.05) is 0 Å². The first kappa shape index (κ1) is 14.2. The molecule has 1 aliphatic heterocycles. The van der Waals surface area contributed by atoms with E-state index in [0.717, 1.165) is 25.9 Å². The van der Waals surface area contributed by atoms with Gasteiger partial charge in [-0.3, -0.25) is 0 Å². The molecule has 106 valence electrons. The molecule has 0 radical (unpaired) electrons. The molecule has 19 heavy (non-hydrogen) atoms. The molecule has 0 saturated carbocycles. The van der Waals surface area contributed by atoms with Gasteiger partial charge in [0, 0.05) is 6.61 Å². The Kier molecular flexibility index (Phi) is 5.10. The maximum Gasteiger partial charge on any atom is 0.387 e. The number of ether oxygens (including phenoxy) is 2. The molecule has 1 aromatic carbocycles. The molecule has 1 fully saturated rings. The number of rotatable bonds is 6. The van der Waals surface area contributed by atoms with E-state index in [1.165, 1.54) is 12.1 Å². The van der Waals surface area contributed by atoms with Gasteiger partial charge in [-0.15, -0.1) is 0 Å². The van der Waals surface area contributed by atoms with E-state index in [4.69, 9.17) is 4.74 Å². The highest BCUT2D eigenvalue weighted by Gasteiger charge is 2.18. The topological polar surface area (TPSA) is 38.7 Å². The Morgan fingerprint density at radius 2 is 2.26 bits per heavy atom. The lowest BCUT2D eigenvalue weighted by molar-refractivity contribution is -0.0500. The third-order valence-corrected chi connectivity index (χ3v) is 3.25. The molecular weight excluding hydrogens is 254 g/mol. The van der Waals surface area contributed by atoms with Crippen molar-refractivity contribution in [2.24, 2.45) is 0 Å². The van der Waals surface area contributed by atoms with Crippen molar-refractivity contribution in [2.75, 3.05) is 6.61 Å². The minimum atomic E-state index is -2.85. The number of aliphatic hydroxyl groups excluding tert-OH is 1. The van der Waals surface area contributed by atoms with E-state index in [-0.39, 0.29) is 11.9 Å². The minimum Gasteiger partial charge on any atom is -0.435 e. The van der Waals surface area contributed by atoms with Crippen LogP contribution in [0.2, 0.25) is 0 Å². The van der Waals surface area contributed by atoms with Gasteiger partial charge in [0.2, 0.25) is 0 Å². The van der Waals surface area contributed by atoms with Crippen LogP contribution in [0.25, 0.3) is 0 Å². The second-order valence-corrected chi connectivity index (χ2v) is 4.68. The third kappa shape index (κ3) is 4.44. The van der Waals surface area contributed by atoms with Crippen LogP contribution < -0.4 is 4.74 Å². The first-order chi connectivity index (χ1) is 9.15. The number of aliphatic hydroxyl groups is 1. The summed E-state index contributed by atoms with van der Waals surface area (Å²) < 4.78 is 34.0. The highest BCUT2D eigenvalue weighted by atomic mass is 19.3. The predicted molar refractivity (Wildman–Crippen MR) is 66.2 cm³/mol. The summed E-state index contributed by atoms with van der Waals surface area (Å²) in [6, 6.07) is 6.20. The van der Waals surface area contributed by atoms with E-state index in [9.17, 15) is 13.9 Å². The molecule has 0 spiro atoms. The van der Waals surface area contributed by atoms with Crippen LogP contribution in [0.1, 0.15) is 37.4 Å². The molecule has 1 aliphatic rings. The quantitative estimate of drug-likeness (QED) is 0.863. The van der Waals surface area contributed by atoms with Crippen LogP contribution in [-0.2, 0) is 4.74 Å². The van der Waals surface area contributed by atoms with Gasteiger partial charge in [0.1, 0.15) is 5.75 Å². The fourth-order valence-electron chi connectivity index (χ4n) is 2.28. The Hall–Kier alpha value is -1.20. The molecule has 0 amide bonds. The van der Waals surface area contributed by atoms with Gasteiger partial charge in [-0.2, -0.15) is 8.78 Å². The van der Waals surface area contributed by atoms with Crippen molar-refractivity contribution in [3.63, 3.8) is 0 Å². The van der Waals surface area contributed by atoms with E-state index >= 15 is 0 Å². The van der Waals surface area contributed by atoms with Crippen LogP contribution in [0.15, 0.2) is 24.3 Å². The molecule has 1 aromatic rings. The maximum absolute atomic E-state index is 12.1. The summed E-state index contributed by atoms with van der Waals surface area (Å²) in [6.07, 6.45) is 2.98. The van der Waals surface area contributed by atoms with Gasteiger partial charge in [0.05, 0.1) is 12.2 Å². The average molecular weight is 272 g/mol. The summed E-state index contributed by atoms with van der Waals surface area (Å²) in [7, 11) is 0. The van der Waals surface area contributed by atoms with Crippen molar-refractivity contribution in [2.45, 2.75) is 44.5 Å². The Morgan fingerprint density at radius 3 is 2.95 bits per heavy atom. The molecule has 2 rings (SSSR count). The largest absolute Gasteiger partial charge is 0.435 e. The molecule has 1 N–H and O–H groups in total. The highest BCUT2D eigenvalue weighted by molar-refractivity contribution is 5.29. The summed E-state index contributed by atoms with van der Waals surface area (Å²) in [5.74, 6) is 0.0728. The summed E-state index contributed by atoms with van der Waals surface area (Å²) >= 11 is 0. The van der Waals surface area contributed by atoms with Gasteiger partial charge in [0.25, 0.3) is 0 Å². The van der Waals surface area contributed by atoms with Crippen molar-refractivity contribution in [1.82, 2.24) is 0 Å². The van der Waals surface area contributed by atoms with E-state index in [2.05, 4.69) is 4.74 Å². The molecule has 0 aromatic heterocycles. The Bertz CT molecular complexity index is 392. The van der Waals surface area contributed by atoms with Crippen LogP contribution in [0.4, 0.5) is 8.78 Å². The van der Waals surface area contributed by atoms with Crippen LogP contribution in [-0.4, -0.2) is 24.4 Å². The zero-order chi connectivity index (χ0) is 13.7. The molecule has 2 unspecified atom stereocenters. The molecule has 1 saturated heterocycles. The van der Waals surface area contributed by atoms with Crippen molar-refractivity contribution in [3.05, 3.63) is 29.8 Å². The van der Waals surface area contributed by atoms with E-state index < -0.39 is 12.7 Å².